The summed E-state index contributed by atoms with van der Waals surface area (Å²) in [6.45, 7) is 0. The van der Waals surface area contributed by atoms with E-state index in [-0.39, 0.29) is 40.2 Å². The van der Waals surface area contributed by atoms with Crippen molar-refractivity contribution < 1.29 is 23.0 Å². The second kappa shape index (κ2) is 8.60. The molecule has 0 radical (unpaired) electrons. The number of hydrogen-bond donors (Lipinski definition) is 3. The first-order chi connectivity index (χ1) is 16.7. The molecule has 178 valence electrons. The number of aryl methyl sites for hydroxylation is 1. The van der Waals surface area contributed by atoms with Crippen LogP contribution in [0.25, 0.3) is 33.4 Å². The van der Waals surface area contributed by atoms with Crippen molar-refractivity contribution in [3.63, 3.8) is 0 Å². The molecule has 0 aliphatic carbocycles. The van der Waals surface area contributed by atoms with Gasteiger partial charge in [0.2, 0.25) is 0 Å². The number of phenols is 2. The summed E-state index contributed by atoms with van der Waals surface area (Å²) >= 11 is 6.27. The Hall–Kier alpha value is -4.09. The van der Waals surface area contributed by atoms with Crippen molar-refractivity contribution in [1.29, 1.82) is 0 Å². The molecule has 0 bridgehead atoms. The minimum atomic E-state index is -3.70. The highest BCUT2D eigenvalue weighted by Crippen LogP contribution is 2.42. The van der Waals surface area contributed by atoms with Gasteiger partial charge in [0.15, 0.2) is 11.0 Å². The first-order valence-electron chi connectivity index (χ1n) is 10.3. The van der Waals surface area contributed by atoms with Gasteiger partial charge >= 0.3 is 0 Å². The SMILES string of the molecule is O=c1cc(-c2ccccc2Cl)oc2c(-c3c[nH]c(CCS(=O)(=O)n4cncn4)c3)c(O)cc(O)c12. The van der Waals surface area contributed by atoms with Crippen LogP contribution < -0.4 is 5.43 Å². The fraction of sp³-hybridized carbons (Fsp3) is 0.0870. The van der Waals surface area contributed by atoms with Crippen LogP contribution in [-0.4, -0.2) is 43.5 Å². The van der Waals surface area contributed by atoms with E-state index in [1.807, 2.05) is 0 Å². The number of nitrogens with one attached hydrogen (secondary N) is 1. The van der Waals surface area contributed by atoms with E-state index in [0.717, 1.165) is 22.8 Å². The van der Waals surface area contributed by atoms with E-state index in [0.29, 0.717) is 21.8 Å². The average Bonchev–Trinajstić information content (AvgIpc) is 3.51. The summed E-state index contributed by atoms with van der Waals surface area (Å²) < 4.78 is 31.5. The Labute approximate surface area is 203 Å². The molecule has 3 heterocycles. The third-order valence-electron chi connectivity index (χ3n) is 5.44. The Morgan fingerprint density at radius 1 is 1.11 bits per heavy atom. The maximum atomic E-state index is 12.9. The fourth-order valence-corrected chi connectivity index (χ4v) is 5.06. The average molecular weight is 513 g/mol. The number of aromatic hydroxyl groups is 2. The number of hydrogen-bond acceptors (Lipinski definition) is 8. The van der Waals surface area contributed by atoms with Crippen molar-refractivity contribution in [2.75, 3.05) is 5.75 Å². The molecule has 0 unspecified atom stereocenters. The van der Waals surface area contributed by atoms with Crippen LogP contribution in [0.4, 0.5) is 0 Å². The Morgan fingerprint density at radius 2 is 1.91 bits per heavy atom. The summed E-state index contributed by atoms with van der Waals surface area (Å²) in [5.41, 5.74) is 1.05. The molecule has 5 rings (SSSR count). The summed E-state index contributed by atoms with van der Waals surface area (Å²) in [4.78, 5) is 19.5. The molecule has 0 aliphatic heterocycles. The van der Waals surface area contributed by atoms with Gasteiger partial charge in [-0.2, -0.15) is 0 Å². The maximum Gasteiger partial charge on any atom is 0.255 e. The van der Waals surface area contributed by atoms with E-state index in [1.165, 1.54) is 6.07 Å². The Kier molecular flexibility index (Phi) is 5.58. The monoisotopic (exact) mass is 512 g/mol. The number of benzene rings is 2. The fourth-order valence-electron chi connectivity index (χ4n) is 3.78. The van der Waals surface area contributed by atoms with Gasteiger partial charge in [0.05, 0.1) is 16.3 Å². The largest absolute Gasteiger partial charge is 0.507 e. The van der Waals surface area contributed by atoms with E-state index in [9.17, 15) is 23.4 Å². The van der Waals surface area contributed by atoms with Gasteiger partial charge in [-0.25, -0.2) is 13.4 Å². The van der Waals surface area contributed by atoms with Gasteiger partial charge in [0.1, 0.15) is 35.3 Å². The van der Waals surface area contributed by atoms with Crippen LogP contribution in [0, 0.1) is 0 Å². The highest BCUT2D eigenvalue weighted by Gasteiger charge is 2.22. The zero-order valence-corrected chi connectivity index (χ0v) is 19.4. The Balaban J connectivity index is 1.59. The van der Waals surface area contributed by atoms with Crippen molar-refractivity contribution >= 4 is 32.6 Å². The summed E-state index contributed by atoms with van der Waals surface area (Å²) in [6, 6.07) is 10.7. The molecule has 3 N–H and O–H groups in total. The van der Waals surface area contributed by atoms with Gasteiger partial charge in [-0.3, -0.25) is 4.79 Å². The molecule has 0 fully saturated rings. The highest BCUT2D eigenvalue weighted by molar-refractivity contribution is 7.89. The van der Waals surface area contributed by atoms with Gasteiger partial charge in [-0.15, -0.1) is 9.19 Å². The molecule has 0 saturated carbocycles. The molecular formula is C23H17ClN4O6S. The molecule has 5 aromatic rings. The number of nitrogens with zero attached hydrogens (tertiary/aromatic N) is 3. The van der Waals surface area contributed by atoms with Crippen LogP contribution in [0.5, 0.6) is 11.5 Å². The smallest absolute Gasteiger partial charge is 0.255 e. The predicted octanol–water partition coefficient (Wildman–Crippen LogP) is 3.53. The molecule has 2 aromatic carbocycles. The number of aromatic nitrogens is 4. The quantitative estimate of drug-likeness (QED) is 0.312. The zero-order chi connectivity index (χ0) is 24.7. The maximum absolute atomic E-state index is 12.9. The summed E-state index contributed by atoms with van der Waals surface area (Å²) in [6.07, 6.45) is 3.90. The number of aromatic amines is 1. The lowest BCUT2D eigenvalue weighted by Crippen LogP contribution is -2.18. The normalized spacial score (nSPS) is 11.8. The van der Waals surface area contributed by atoms with E-state index in [1.54, 1.807) is 36.5 Å². The van der Waals surface area contributed by atoms with Crippen LogP contribution in [-0.2, 0) is 16.4 Å². The van der Waals surface area contributed by atoms with Crippen LogP contribution in [0.3, 0.4) is 0 Å². The number of fused-ring (bicyclic) bond motifs is 1. The van der Waals surface area contributed by atoms with Crippen molar-refractivity contribution in [1.82, 2.24) is 19.2 Å². The van der Waals surface area contributed by atoms with Gasteiger partial charge < -0.3 is 19.6 Å². The second-order valence-corrected chi connectivity index (χ2v) is 10.0. The van der Waals surface area contributed by atoms with Gasteiger partial charge in [0.25, 0.3) is 10.0 Å². The van der Waals surface area contributed by atoms with Gasteiger partial charge in [-0.1, -0.05) is 23.7 Å². The number of phenolic OH excluding ortho intramolecular Hbond substituents is 2. The molecule has 0 aliphatic rings. The lowest BCUT2D eigenvalue weighted by atomic mass is 10.0. The third kappa shape index (κ3) is 4.15. The molecule has 0 saturated heterocycles. The summed E-state index contributed by atoms with van der Waals surface area (Å²) in [5.74, 6) is -0.843. The topological polar surface area (TPSA) is 151 Å². The summed E-state index contributed by atoms with van der Waals surface area (Å²) in [5, 5.41) is 24.9. The zero-order valence-electron chi connectivity index (χ0n) is 17.8. The lowest BCUT2D eigenvalue weighted by Gasteiger charge is -2.11. The van der Waals surface area contributed by atoms with E-state index >= 15 is 0 Å². The van der Waals surface area contributed by atoms with Crippen molar-refractivity contribution in [2.45, 2.75) is 6.42 Å². The predicted molar refractivity (Wildman–Crippen MR) is 129 cm³/mol. The molecule has 0 atom stereocenters. The van der Waals surface area contributed by atoms with Gasteiger partial charge in [0, 0.05) is 41.6 Å². The van der Waals surface area contributed by atoms with E-state index in [4.69, 9.17) is 16.0 Å². The first-order valence-corrected chi connectivity index (χ1v) is 12.3. The third-order valence-corrected chi connectivity index (χ3v) is 7.25. The number of H-pyrrole nitrogens is 1. The molecule has 0 amide bonds. The van der Waals surface area contributed by atoms with Crippen LogP contribution in [0.2, 0.25) is 5.02 Å². The van der Waals surface area contributed by atoms with Gasteiger partial charge in [-0.05, 0) is 18.2 Å². The minimum absolute atomic E-state index is 0.0364. The molecule has 3 aromatic heterocycles. The number of halogens is 1. The van der Waals surface area contributed by atoms with Crippen LogP contribution in [0.15, 0.2) is 70.5 Å². The Morgan fingerprint density at radius 3 is 2.66 bits per heavy atom. The van der Waals surface area contributed by atoms with E-state index in [2.05, 4.69) is 15.1 Å². The summed E-state index contributed by atoms with van der Waals surface area (Å²) in [7, 11) is -3.70. The molecule has 10 nitrogen and oxygen atoms in total. The molecule has 12 heteroatoms. The second-order valence-electron chi connectivity index (χ2n) is 7.70. The highest BCUT2D eigenvalue weighted by atomic mass is 35.5. The van der Waals surface area contributed by atoms with Crippen LogP contribution in [0.1, 0.15) is 5.69 Å². The first kappa shape index (κ1) is 22.7. The molecular weight excluding hydrogens is 496 g/mol. The van der Waals surface area contributed by atoms with E-state index < -0.39 is 21.2 Å². The van der Waals surface area contributed by atoms with Crippen molar-refractivity contribution in [2.24, 2.45) is 0 Å². The number of rotatable bonds is 6. The molecule has 35 heavy (non-hydrogen) atoms. The lowest BCUT2D eigenvalue weighted by molar-refractivity contribution is 0.454. The molecule has 0 spiro atoms. The standard InChI is InChI=1S/C23H17ClN4O6S/c24-16-4-2-1-3-15(16)20-9-19(31)22-18(30)8-17(29)21(23(22)34-20)13-7-14(26-10-13)5-6-35(32,33)28-12-25-11-27-28/h1-4,7-12,26,29-30H,5-6H2. The van der Waals surface area contributed by atoms with Crippen LogP contribution >= 0.6 is 11.6 Å². The minimum Gasteiger partial charge on any atom is -0.507 e. The Bertz CT molecular complexity index is 1730. The van der Waals surface area contributed by atoms with Crippen molar-refractivity contribution in [3.05, 3.63) is 82.3 Å². The van der Waals surface area contributed by atoms with Crippen molar-refractivity contribution in [3.8, 4) is 33.9 Å².